The van der Waals surface area contributed by atoms with Crippen LogP contribution in [0.15, 0.2) is 47.1 Å². The molecular formula is C22H25BrN4O3. The number of halogens is 1. The van der Waals surface area contributed by atoms with Crippen LogP contribution in [0.2, 0.25) is 0 Å². The number of anilines is 1. The lowest BCUT2D eigenvalue weighted by atomic mass is 9.91. The summed E-state index contributed by atoms with van der Waals surface area (Å²) in [6.07, 6.45) is 2.61. The van der Waals surface area contributed by atoms with Gasteiger partial charge < -0.3 is 15.5 Å². The Kier molecular flexibility index (Phi) is 7.20. The van der Waals surface area contributed by atoms with Crippen molar-refractivity contribution in [1.82, 2.24) is 15.2 Å². The van der Waals surface area contributed by atoms with Crippen LogP contribution in [0.5, 0.6) is 0 Å². The largest absolute Gasteiger partial charge is 0.342 e. The highest BCUT2D eigenvalue weighted by atomic mass is 79.9. The van der Waals surface area contributed by atoms with Crippen molar-refractivity contribution in [3.63, 3.8) is 0 Å². The van der Waals surface area contributed by atoms with Crippen LogP contribution in [-0.4, -0.2) is 47.2 Å². The number of nitrogens with zero attached hydrogens (tertiary/aromatic N) is 2. The third kappa shape index (κ3) is 5.66. The zero-order valence-corrected chi connectivity index (χ0v) is 18.6. The lowest BCUT2D eigenvalue weighted by Crippen LogP contribution is -2.43. The van der Waals surface area contributed by atoms with Crippen molar-refractivity contribution in [3.05, 3.63) is 58.3 Å². The molecule has 0 spiro atoms. The van der Waals surface area contributed by atoms with Gasteiger partial charge in [0.15, 0.2) is 0 Å². The van der Waals surface area contributed by atoms with Crippen molar-refractivity contribution in [2.75, 3.05) is 25.0 Å². The molecule has 0 bridgehead atoms. The summed E-state index contributed by atoms with van der Waals surface area (Å²) < 4.78 is 0.755. The molecule has 0 saturated carbocycles. The predicted octanol–water partition coefficient (Wildman–Crippen LogP) is 3.33. The number of carbonyl (C=O) groups is 3. The number of nitrogens with one attached hydrogen (secondary N) is 2. The number of likely N-dealkylation sites (tertiary alicyclic amines) is 1. The second-order valence-electron chi connectivity index (χ2n) is 7.79. The molecular weight excluding hydrogens is 448 g/mol. The van der Waals surface area contributed by atoms with Crippen LogP contribution in [0, 0.1) is 11.8 Å². The van der Waals surface area contributed by atoms with E-state index in [4.69, 9.17) is 0 Å². The van der Waals surface area contributed by atoms with Crippen LogP contribution in [0.4, 0.5) is 5.69 Å². The van der Waals surface area contributed by atoms with Crippen LogP contribution in [0.1, 0.15) is 41.1 Å². The molecule has 158 valence electrons. The zero-order valence-electron chi connectivity index (χ0n) is 17.0. The minimum absolute atomic E-state index is 0.109. The molecule has 1 fully saturated rings. The van der Waals surface area contributed by atoms with E-state index >= 15 is 0 Å². The molecule has 0 radical (unpaired) electrons. The Labute approximate surface area is 184 Å². The molecule has 1 aliphatic rings. The molecule has 2 N–H and O–H groups in total. The zero-order chi connectivity index (χ0) is 21.7. The van der Waals surface area contributed by atoms with Gasteiger partial charge in [-0.1, -0.05) is 35.8 Å². The average molecular weight is 473 g/mol. The maximum Gasteiger partial charge on any atom is 0.270 e. The predicted molar refractivity (Wildman–Crippen MR) is 118 cm³/mol. The molecule has 1 aromatic carbocycles. The van der Waals surface area contributed by atoms with Gasteiger partial charge in [-0.3, -0.25) is 19.4 Å². The van der Waals surface area contributed by atoms with Gasteiger partial charge in [0.05, 0.1) is 17.8 Å². The van der Waals surface area contributed by atoms with Crippen molar-refractivity contribution in [1.29, 1.82) is 0 Å². The lowest BCUT2D eigenvalue weighted by Gasteiger charge is -2.35. The SMILES string of the molecule is C[C@@H]1C[C@H](C)CN(C(=O)c2cc(Br)ccc2NC(=O)CNC(=O)c2ccccn2)C1. The summed E-state index contributed by atoms with van der Waals surface area (Å²) in [5.41, 5.74) is 1.08. The van der Waals surface area contributed by atoms with Gasteiger partial charge in [0.25, 0.3) is 11.8 Å². The Morgan fingerprint density at radius 3 is 2.53 bits per heavy atom. The molecule has 2 atom stereocenters. The van der Waals surface area contributed by atoms with Gasteiger partial charge in [-0.25, -0.2) is 0 Å². The molecule has 0 aliphatic carbocycles. The topological polar surface area (TPSA) is 91.4 Å². The summed E-state index contributed by atoms with van der Waals surface area (Å²) in [6, 6.07) is 10.1. The summed E-state index contributed by atoms with van der Waals surface area (Å²) in [7, 11) is 0. The van der Waals surface area contributed by atoms with Crippen molar-refractivity contribution >= 4 is 39.3 Å². The van der Waals surface area contributed by atoms with Crippen molar-refractivity contribution < 1.29 is 14.4 Å². The first-order chi connectivity index (χ1) is 14.3. The maximum atomic E-state index is 13.2. The van der Waals surface area contributed by atoms with E-state index in [0.717, 1.165) is 10.9 Å². The Morgan fingerprint density at radius 1 is 1.13 bits per heavy atom. The van der Waals surface area contributed by atoms with Crippen LogP contribution in [-0.2, 0) is 4.79 Å². The second kappa shape index (κ2) is 9.84. The van der Waals surface area contributed by atoms with E-state index < -0.39 is 11.8 Å². The first-order valence-electron chi connectivity index (χ1n) is 9.91. The summed E-state index contributed by atoms with van der Waals surface area (Å²) >= 11 is 3.41. The van der Waals surface area contributed by atoms with Crippen LogP contribution in [0.25, 0.3) is 0 Å². The fourth-order valence-corrected chi connectivity index (χ4v) is 4.11. The quantitative estimate of drug-likeness (QED) is 0.697. The molecule has 3 rings (SSSR count). The third-order valence-corrected chi connectivity index (χ3v) is 5.44. The number of amides is 3. The molecule has 3 amide bonds. The molecule has 2 aromatic rings. The Balaban J connectivity index is 1.68. The number of aromatic nitrogens is 1. The fourth-order valence-electron chi connectivity index (χ4n) is 3.74. The van der Waals surface area contributed by atoms with Crippen molar-refractivity contribution in [3.8, 4) is 0 Å². The maximum absolute atomic E-state index is 13.2. The van der Waals surface area contributed by atoms with Gasteiger partial charge in [-0.15, -0.1) is 0 Å². The standard InChI is InChI=1S/C22H25BrN4O3/c1-14-9-15(2)13-27(12-14)22(30)17-10-16(23)6-7-18(17)26-20(28)11-25-21(29)19-5-3-4-8-24-19/h3-8,10,14-15H,9,11-13H2,1-2H3,(H,25,29)(H,26,28)/t14-,15+. The van der Waals surface area contributed by atoms with Gasteiger partial charge in [0, 0.05) is 23.8 Å². The van der Waals surface area contributed by atoms with Crippen molar-refractivity contribution in [2.24, 2.45) is 11.8 Å². The van der Waals surface area contributed by atoms with E-state index in [-0.39, 0.29) is 18.1 Å². The summed E-state index contributed by atoms with van der Waals surface area (Å²) in [5.74, 6) is -0.0953. The minimum atomic E-state index is -0.436. The third-order valence-electron chi connectivity index (χ3n) is 4.95. The number of benzene rings is 1. The highest BCUT2D eigenvalue weighted by Crippen LogP contribution is 2.27. The number of pyridine rings is 1. The normalized spacial score (nSPS) is 18.6. The number of carbonyl (C=O) groups excluding carboxylic acids is 3. The molecule has 0 unspecified atom stereocenters. The van der Waals surface area contributed by atoms with Gasteiger partial charge in [-0.05, 0) is 48.6 Å². The van der Waals surface area contributed by atoms with E-state index in [9.17, 15) is 14.4 Å². The number of hydrogen-bond donors (Lipinski definition) is 2. The molecule has 30 heavy (non-hydrogen) atoms. The molecule has 1 saturated heterocycles. The second-order valence-corrected chi connectivity index (χ2v) is 8.71. The molecule has 8 heteroatoms. The van der Waals surface area contributed by atoms with E-state index in [2.05, 4.69) is 45.4 Å². The van der Waals surface area contributed by atoms with E-state index in [1.165, 1.54) is 6.20 Å². The Bertz CT molecular complexity index is 925. The highest BCUT2D eigenvalue weighted by molar-refractivity contribution is 9.10. The summed E-state index contributed by atoms with van der Waals surface area (Å²) in [6.45, 7) is 5.46. The lowest BCUT2D eigenvalue weighted by molar-refractivity contribution is -0.115. The molecule has 1 aromatic heterocycles. The minimum Gasteiger partial charge on any atom is -0.342 e. The first-order valence-corrected chi connectivity index (χ1v) is 10.7. The monoisotopic (exact) mass is 472 g/mol. The number of piperidine rings is 1. The first kappa shape index (κ1) is 22.0. The van der Waals surface area contributed by atoms with Crippen LogP contribution < -0.4 is 10.6 Å². The molecule has 1 aliphatic heterocycles. The van der Waals surface area contributed by atoms with Crippen LogP contribution >= 0.6 is 15.9 Å². The molecule has 2 heterocycles. The van der Waals surface area contributed by atoms with Crippen LogP contribution in [0.3, 0.4) is 0 Å². The fraction of sp³-hybridized carbons (Fsp3) is 0.364. The average Bonchev–Trinajstić information content (AvgIpc) is 2.72. The number of hydrogen-bond acceptors (Lipinski definition) is 4. The van der Waals surface area contributed by atoms with E-state index in [0.29, 0.717) is 36.2 Å². The van der Waals surface area contributed by atoms with Gasteiger partial charge in [0.2, 0.25) is 5.91 Å². The number of rotatable bonds is 5. The summed E-state index contributed by atoms with van der Waals surface area (Å²) in [4.78, 5) is 43.4. The van der Waals surface area contributed by atoms with E-state index in [1.807, 2.05) is 4.90 Å². The Hall–Kier alpha value is -2.74. The van der Waals surface area contributed by atoms with Gasteiger partial charge >= 0.3 is 0 Å². The summed E-state index contributed by atoms with van der Waals surface area (Å²) in [5, 5.41) is 5.28. The Morgan fingerprint density at radius 2 is 1.87 bits per heavy atom. The smallest absolute Gasteiger partial charge is 0.270 e. The van der Waals surface area contributed by atoms with E-state index in [1.54, 1.807) is 36.4 Å². The molecule has 7 nitrogen and oxygen atoms in total. The van der Waals surface area contributed by atoms with Crippen molar-refractivity contribution in [2.45, 2.75) is 20.3 Å². The highest BCUT2D eigenvalue weighted by Gasteiger charge is 2.27. The van der Waals surface area contributed by atoms with Gasteiger partial charge in [-0.2, -0.15) is 0 Å². The van der Waals surface area contributed by atoms with Gasteiger partial charge in [0.1, 0.15) is 5.69 Å².